The maximum Gasteiger partial charge on any atom is 0.573 e. The Kier molecular flexibility index (Phi) is 5.74. The Labute approximate surface area is 142 Å². The van der Waals surface area contributed by atoms with E-state index in [9.17, 15) is 18.0 Å². The maximum absolute atomic E-state index is 12.4. The van der Waals surface area contributed by atoms with Crippen LogP contribution in [0.2, 0.25) is 0 Å². The fourth-order valence-electron chi connectivity index (χ4n) is 2.06. The summed E-state index contributed by atoms with van der Waals surface area (Å²) in [7, 11) is 1.46. The largest absolute Gasteiger partial charge is 0.573 e. The van der Waals surface area contributed by atoms with E-state index < -0.39 is 18.0 Å². The van der Waals surface area contributed by atoms with E-state index >= 15 is 0 Å². The Hall–Kier alpha value is -2.90. The smallest absolute Gasteiger partial charge is 0.493 e. The van der Waals surface area contributed by atoms with Gasteiger partial charge < -0.3 is 19.5 Å². The van der Waals surface area contributed by atoms with E-state index in [0.29, 0.717) is 18.1 Å². The van der Waals surface area contributed by atoms with Crippen molar-refractivity contribution in [2.24, 2.45) is 0 Å². The van der Waals surface area contributed by atoms with Gasteiger partial charge in [-0.3, -0.25) is 4.79 Å². The number of methoxy groups -OCH3 is 1. The number of nitrogens with one attached hydrogen (secondary N) is 1. The van der Waals surface area contributed by atoms with Crippen LogP contribution in [0.3, 0.4) is 0 Å². The highest BCUT2D eigenvalue weighted by molar-refractivity contribution is 6.05. The minimum Gasteiger partial charge on any atom is -0.493 e. The predicted octanol–water partition coefficient (Wildman–Crippen LogP) is 4.24. The maximum atomic E-state index is 12.4. The Morgan fingerprint density at radius 3 is 2.44 bits per heavy atom. The summed E-state index contributed by atoms with van der Waals surface area (Å²) in [5, 5.41) is 2.40. The highest BCUT2D eigenvalue weighted by Gasteiger charge is 2.32. The molecule has 2 aromatic carbocycles. The summed E-state index contributed by atoms with van der Waals surface area (Å²) in [5.74, 6) is -0.305. The molecule has 0 aliphatic rings. The van der Waals surface area contributed by atoms with E-state index in [4.69, 9.17) is 9.47 Å². The summed E-state index contributed by atoms with van der Waals surface area (Å²) in [5.41, 5.74) is 0.102. The quantitative estimate of drug-likeness (QED) is 0.842. The molecule has 0 saturated heterocycles. The van der Waals surface area contributed by atoms with E-state index in [1.54, 1.807) is 6.92 Å². The molecule has 134 valence electrons. The first-order valence-corrected chi connectivity index (χ1v) is 7.31. The number of hydrogen-bond acceptors (Lipinski definition) is 4. The summed E-state index contributed by atoms with van der Waals surface area (Å²) in [6.45, 7) is 2.14. The second-order valence-corrected chi connectivity index (χ2v) is 4.80. The molecule has 1 N–H and O–H groups in total. The summed E-state index contributed by atoms with van der Waals surface area (Å²) in [4.78, 5) is 12.3. The van der Waals surface area contributed by atoms with Gasteiger partial charge in [0.15, 0.2) is 17.2 Å². The highest BCUT2D eigenvalue weighted by Crippen LogP contribution is 2.31. The number of halogens is 3. The molecule has 0 aliphatic carbocycles. The fourth-order valence-corrected chi connectivity index (χ4v) is 2.06. The standard InChI is InChI=1S/C17H16F3NO4/c1-3-24-15-10-11(8-9-14(15)23-2)16(22)21-12-6-4-5-7-13(12)25-17(18,19)20/h4-10H,3H2,1-2H3,(H,21,22). The summed E-state index contributed by atoms with van der Waals surface area (Å²) in [6, 6.07) is 9.75. The third-order valence-electron chi connectivity index (χ3n) is 3.09. The van der Waals surface area contributed by atoms with Crippen LogP contribution in [0.15, 0.2) is 42.5 Å². The first-order valence-electron chi connectivity index (χ1n) is 7.31. The fraction of sp³-hybridized carbons (Fsp3) is 0.235. The number of carbonyl (C=O) groups excluding carboxylic acids is 1. The molecule has 5 nitrogen and oxygen atoms in total. The van der Waals surface area contributed by atoms with Crippen LogP contribution in [0, 0.1) is 0 Å². The SMILES string of the molecule is CCOc1cc(C(=O)Nc2ccccc2OC(F)(F)F)ccc1OC. The minimum atomic E-state index is -4.86. The zero-order valence-electron chi connectivity index (χ0n) is 13.5. The van der Waals surface area contributed by atoms with Gasteiger partial charge in [-0.1, -0.05) is 12.1 Å². The monoisotopic (exact) mass is 355 g/mol. The van der Waals surface area contributed by atoms with Crippen LogP contribution in [-0.2, 0) is 0 Å². The van der Waals surface area contributed by atoms with E-state index in [1.165, 1.54) is 43.5 Å². The molecule has 1 amide bonds. The average Bonchev–Trinajstić information content (AvgIpc) is 2.55. The molecule has 25 heavy (non-hydrogen) atoms. The molecule has 0 bridgehead atoms. The molecule has 0 fully saturated rings. The normalized spacial score (nSPS) is 10.9. The number of rotatable bonds is 6. The van der Waals surface area contributed by atoms with Crippen molar-refractivity contribution in [1.29, 1.82) is 0 Å². The van der Waals surface area contributed by atoms with Crippen LogP contribution in [-0.4, -0.2) is 26.0 Å². The lowest BCUT2D eigenvalue weighted by Crippen LogP contribution is -2.19. The van der Waals surface area contributed by atoms with Crippen molar-refractivity contribution in [1.82, 2.24) is 0 Å². The van der Waals surface area contributed by atoms with E-state index in [-0.39, 0.29) is 11.3 Å². The molecule has 0 aliphatic heterocycles. The van der Waals surface area contributed by atoms with Crippen molar-refractivity contribution in [3.8, 4) is 17.2 Å². The first kappa shape index (κ1) is 18.4. The van der Waals surface area contributed by atoms with Crippen LogP contribution in [0.1, 0.15) is 17.3 Å². The van der Waals surface area contributed by atoms with Crippen molar-refractivity contribution in [2.75, 3.05) is 19.0 Å². The van der Waals surface area contributed by atoms with Crippen LogP contribution in [0.5, 0.6) is 17.2 Å². The van der Waals surface area contributed by atoms with Gasteiger partial charge in [0.1, 0.15) is 0 Å². The minimum absolute atomic E-state index is 0.0985. The average molecular weight is 355 g/mol. The number of alkyl halides is 3. The number of anilines is 1. The Morgan fingerprint density at radius 1 is 1.08 bits per heavy atom. The lowest BCUT2D eigenvalue weighted by atomic mass is 10.1. The third-order valence-corrected chi connectivity index (χ3v) is 3.09. The van der Waals surface area contributed by atoms with Gasteiger partial charge in [0.25, 0.3) is 5.91 Å². The second-order valence-electron chi connectivity index (χ2n) is 4.80. The lowest BCUT2D eigenvalue weighted by Gasteiger charge is -2.14. The predicted molar refractivity (Wildman–Crippen MR) is 85.2 cm³/mol. The number of para-hydroxylation sites is 2. The molecule has 8 heteroatoms. The van der Waals surface area contributed by atoms with Gasteiger partial charge in [-0.25, -0.2) is 0 Å². The van der Waals surface area contributed by atoms with Gasteiger partial charge in [0.05, 0.1) is 19.4 Å². The van der Waals surface area contributed by atoms with Gasteiger partial charge in [0.2, 0.25) is 0 Å². The van der Waals surface area contributed by atoms with Crippen LogP contribution in [0.25, 0.3) is 0 Å². The molecule has 0 radical (unpaired) electrons. The number of hydrogen-bond donors (Lipinski definition) is 1. The topological polar surface area (TPSA) is 56.8 Å². The van der Waals surface area contributed by atoms with Crippen molar-refractivity contribution in [3.63, 3.8) is 0 Å². The number of benzene rings is 2. The third kappa shape index (κ3) is 5.03. The Morgan fingerprint density at radius 2 is 1.80 bits per heavy atom. The molecule has 0 atom stereocenters. The van der Waals surface area contributed by atoms with Gasteiger partial charge >= 0.3 is 6.36 Å². The van der Waals surface area contributed by atoms with Crippen LogP contribution in [0.4, 0.5) is 18.9 Å². The van der Waals surface area contributed by atoms with Crippen LogP contribution >= 0.6 is 0 Å². The van der Waals surface area contributed by atoms with Crippen molar-refractivity contribution >= 4 is 11.6 Å². The molecule has 0 spiro atoms. The molecule has 0 aromatic heterocycles. The van der Waals surface area contributed by atoms with Gasteiger partial charge in [-0.2, -0.15) is 0 Å². The first-order chi connectivity index (χ1) is 11.8. The van der Waals surface area contributed by atoms with Gasteiger partial charge in [-0.05, 0) is 37.3 Å². The van der Waals surface area contributed by atoms with Gasteiger partial charge in [-0.15, -0.1) is 13.2 Å². The molecule has 0 saturated carbocycles. The zero-order valence-corrected chi connectivity index (χ0v) is 13.5. The lowest BCUT2D eigenvalue weighted by molar-refractivity contribution is -0.274. The number of amides is 1. The van der Waals surface area contributed by atoms with Crippen molar-refractivity contribution < 1.29 is 32.2 Å². The zero-order chi connectivity index (χ0) is 18.4. The Balaban J connectivity index is 2.24. The second kappa shape index (κ2) is 7.78. The summed E-state index contributed by atoms with van der Waals surface area (Å²) < 4.78 is 51.7. The Bertz CT molecular complexity index is 747. The molecule has 0 unspecified atom stereocenters. The van der Waals surface area contributed by atoms with Crippen molar-refractivity contribution in [2.45, 2.75) is 13.3 Å². The molecular formula is C17H16F3NO4. The van der Waals surface area contributed by atoms with Crippen molar-refractivity contribution in [3.05, 3.63) is 48.0 Å². The summed E-state index contributed by atoms with van der Waals surface area (Å²) in [6.07, 6.45) is -4.86. The van der Waals surface area contributed by atoms with Crippen LogP contribution < -0.4 is 19.5 Å². The van der Waals surface area contributed by atoms with E-state index in [0.717, 1.165) is 6.07 Å². The number of carbonyl (C=O) groups is 1. The molecule has 0 heterocycles. The summed E-state index contributed by atoms with van der Waals surface area (Å²) >= 11 is 0. The number of ether oxygens (including phenoxy) is 3. The molecule has 2 aromatic rings. The van der Waals surface area contributed by atoms with E-state index in [1.807, 2.05) is 0 Å². The highest BCUT2D eigenvalue weighted by atomic mass is 19.4. The molecular weight excluding hydrogens is 339 g/mol. The van der Waals surface area contributed by atoms with E-state index in [2.05, 4.69) is 10.1 Å². The molecule has 2 rings (SSSR count). The van der Waals surface area contributed by atoms with Gasteiger partial charge in [0, 0.05) is 5.56 Å².